The van der Waals surface area contributed by atoms with E-state index in [1.54, 1.807) is 12.4 Å². The molecule has 3 heterocycles. The lowest BCUT2D eigenvalue weighted by Crippen LogP contribution is -2.27. The van der Waals surface area contributed by atoms with E-state index in [-0.39, 0.29) is 5.91 Å². The molecular formula is C18H20N6O. The predicted molar refractivity (Wildman–Crippen MR) is 93.6 cm³/mol. The summed E-state index contributed by atoms with van der Waals surface area (Å²) >= 11 is 0. The van der Waals surface area contributed by atoms with Crippen LogP contribution in [0.3, 0.4) is 0 Å². The molecule has 0 radical (unpaired) electrons. The van der Waals surface area contributed by atoms with Crippen molar-refractivity contribution < 1.29 is 4.79 Å². The van der Waals surface area contributed by atoms with Crippen LogP contribution in [-0.4, -0.2) is 37.2 Å². The third-order valence-electron chi connectivity index (χ3n) is 3.98. The van der Waals surface area contributed by atoms with Gasteiger partial charge in [-0.2, -0.15) is 5.10 Å². The molecule has 1 N–H and O–H groups in total. The molecule has 0 bridgehead atoms. The van der Waals surface area contributed by atoms with Gasteiger partial charge in [0, 0.05) is 24.6 Å². The number of hydrogen-bond acceptors (Lipinski definition) is 5. The molecule has 0 spiro atoms. The van der Waals surface area contributed by atoms with Gasteiger partial charge in [0.15, 0.2) is 5.82 Å². The molecule has 0 saturated heterocycles. The number of nitrogens with zero attached hydrogens (tertiary/aromatic N) is 5. The van der Waals surface area contributed by atoms with Crippen molar-refractivity contribution in [1.29, 1.82) is 0 Å². The number of carbonyl (C=O) groups is 1. The zero-order chi connectivity index (χ0) is 17.8. The van der Waals surface area contributed by atoms with Crippen LogP contribution in [-0.2, 0) is 6.42 Å². The van der Waals surface area contributed by atoms with E-state index in [4.69, 9.17) is 0 Å². The second kappa shape index (κ2) is 7.21. The van der Waals surface area contributed by atoms with Gasteiger partial charge in [-0.3, -0.25) is 9.78 Å². The summed E-state index contributed by atoms with van der Waals surface area (Å²) in [6, 6.07) is 5.72. The summed E-state index contributed by atoms with van der Waals surface area (Å²) in [5.41, 5.74) is 4.18. The van der Waals surface area contributed by atoms with E-state index in [0.29, 0.717) is 18.7 Å². The fourth-order valence-corrected chi connectivity index (χ4v) is 2.64. The first-order chi connectivity index (χ1) is 12.1. The Hall–Kier alpha value is -3.09. The third kappa shape index (κ3) is 3.71. The van der Waals surface area contributed by atoms with Gasteiger partial charge in [0.25, 0.3) is 5.91 Å². The van der Waals surface area contributed by atoms with Crippen LogP contribution in [0, 0.1) is 20.8 Å². The summed E-state index contributed by atoms with van der Waals surface area (Å²) in [5.74, 6) is 0.563. The van der Waals surface area contributed by atoms with Gasteiger partial charge in [-0.25, -0.2) is 14.6 Å². The molecular weight excluding hydrogens is 316 g/mol. The Kier molecular flexibility index (Phi) is 4.83. The first-order valence-corrected chi connectivity index (χ1v) is 8.09. The lowest BCUT2D eigenvalue weighted by molar-refractivity contribution is 0.0948. The Morgan fingerprint density at radius 1 is 1.12 bits per heavy atom. The smallest absolute Gasteiger partial charge is 0.271 e. The summed E-state index contributed by atoms with van der Waals surface area (Å²) in [6.07, 6.45) is 5.50. The Labute approximate surface area is 146 Å². The second-order valence-electron chi connectivity index (χ2n) is 5.80. The van der Waals surface area contributed by atoms with Crippen molar-refractivity contribution in [3.05, 3.63) is 65.1 Å². The maximum absolute atomic E-state index is 12.1. The van der Waals surface area contributed by atoms with Gasteiger partial charge in [0.05, 0.1) is 17.6 Å². The summed E-state index contributed by atoms with van der Waals surface area (Å²) in [4.78, 5) is 24.6. The molecule has 0 aromatic carbocycles. The monoisotopic (exact) mass is 336 g/mol. The fourth-order valence-electron chi connectivity index (χ4n) is 2.64. The molecule has 0 aliphatic heterocycles. The minimum atomic E-state index is -0.222. The number of nitrogens with one attached hydrogen (secondary N) is 1. The molecule has 0 fully saturated rings. The van der Waals surface area contributed by atoms with Crippen molar-refractivity contribution in [2.24, 2.45) is 0 Å². The summed E-state index contributed by atoms with van der Waals surface area (Å²) in [6.45, 7) is 6.32. The minimum Gasteiger partial charge on any atom is -0.350 e. The van der Waals surface area contributed by atoms with E-state index in [0.717, 1.165) is 28.5 Å². The standard InChI is InChI=1S/C18H20N6O/c1-12-10-22-16(11-21-12)18(25)20-9-7-15-13(2)23-24(14(15)3)17-6-4-5-8-19-17/h4-6,8,10-11H,7,9H2,1-3H3,(H,20,25). The molecule has 1 amide bonds. The van der Waals surface area contributed by atoms with Crippen molar-refractivity contribution in [2.45, 2.75) is 27.2 Å². The SMILES string of the molecule is Cc1cnc(C(=O)NCCc2c(C)nn(-c3ccccn3)c2C)cn1. The van der Waals surface area contributed by atoms with E-state index in [1.165, 1.54) is 6.20 Å². The fraction of sp³-hybridized carbons (Fsp3) is 0.278. The number of amides is 1. The summed E-state index contributed by atoms with van der Waals surface area (Å²) < 4.78 is 1.83. The third-order valence-corrected chi connectivity index (χ3v) is 3.98. The average molecular weight is 336 g/mol. The Morgan fingerprint density at radius 2 is 1.96 bits per heavy atom. The Bertz CT molecular complexity index is 871. The molecule has 0 atom stereocenters. The molecule has 3 aromatic rings. The van der Waals surface area contributed by atoms with E-state index in [2.05, 4.69) is 25.4 Å². The maximum Gasteiger partial charge on any atom is 0.271 e. The van der Waals surface area contributed by atoms with Gasteiger partial charge in [0.1, 0.15) is 5.69 Å². The van der Waals surface area contributed by atoms with Crippen LogP contribution < -0.4 is 5.32 Å². The van der Waals surface area contributed by atoms with Crippen LogP contribution in [0.15, 0.2) is 36.8 Å². The molecule has 3 rings (SSSR count). The van der Waals surface area contributed by atoms with E-state index in [1.807, 2.05) is 43.7 Å². The number of pyridine rings is 1. The van der Waals surface area contributed by atoms with Gasteiger partial charge in [-0.15, -0.1) is 0 Å². The lowest BCUT2D eigenvalue weighted by atomic mass is 10.1. The van der Waals surface area contributed by atoms with Crippen molar-refractivity contribution in [3.8, 4) is 5.82 Å². The molecule has 3 aromatic heterocycles. The molecule has 0 saturated carbocycles. The normalized spacial score (nSPS) is 10.7. The molecule has 0 unspecified atom stereocenters. The number of carbonyl (C=O) groups excluding carboxylic acids is 1. The van der Waals surface area contributed by atoms with Crippen molar-refractivity contribution in [2.75, 3.05) is 6.54 Å². The van der Waals surface area contributed by atoms with Crippen LogP contribution >= 0.6 is 0 Å². The van der Waals surface area contributed by atoms with Crippen molar-refractivity contribution in [1.82, 2.24) is 30.0 Å². The topological polar surface area (TPSA) is 85.6 Å². The average Bonchev–Trinajstić information content (AvgIpc) is 2.91. The van der Waals surface area contributed by atoms with E-state index < -0.39 is 0 Å². The zero-order valence-corrected chi connectivity index (χ0v) is 14.5. The minimum absolute atomic E-state index is 0.222. The first-order valence-electron chi connectivity index (χ1n) is 8.09. The van der Waals surface area contributed by atoms with E-state index in [9.17, 15) is 4.79 Å². The quantitative estimate of drug-likeness (QED) is 0.770. The highest BCUT2D eigenvalue weighted by Gasteiger charge is 2.14. The summed E-state index contributed by atoms with van der Waals surface area (Å²) in [5, 5.41) is 7.44. The highest BCUT2D eigenvalue weighted by Crippen LogP contribution is 2.16. The van der Waals surface area contributed by atoms with Crippen LogP contribution in [0.1, 0.15) is 33.1 Å². The molecule has 25 heavy (non-hydrogen) atoms. The highest BCUT2D eigenvalue weighted by atomic mass is 16.1. The van der Waals surface area contributed by atoms with E-state index >= 15 is 0 Å². The molecule has 128 valence electrons. The summed E-state index contributed by atoms with van der Waals surface area (Å²) in [7, 11) is 0. The Morgan fingerprint density at radius 3 is 2.64 bits per heavy atom. The van der Waals surface area contributed by atoms with Gasteiger partial charge in [-0.05, 0) is 44.9 Å². The molecule has 7 heteroatoms. The maximum atomic E-state index is 12.1. The molecule has 0 aliphatic carbocycles. The second-order valence-corrected chi connectivity index (χ2v) is 5.80. The zero-order valence-electron chi connectivity index (χ0n) is 14.5. The van der Waals surface area contributed by atoms with Gasteiger partial charge in [0.2, 0.25) is 0 Å². The predicted octanol–water partition coefficient (Wildman–Crippen LogP) is 1.96. The number of hydrogen-bond donors (Lipinski definition) is 1. The van der Waals surface area contributed by atoms with Gasteiger partial charge in [-0.1, -0.05) is 6.07 Å². The lowest BCUT2D eigenvalue weighted by Gasteiger charge is -2.06. The van der Waals surface area contributed by atoms with Crippen LogP contribution in [0.4, 0.5) is 0 Å². The largest absolute Gasteiger partial charge is 0.350 e. The number of aromatic nitrogens is 5. The molecule has 7 nitrogen and oxygen atoms in total. The number of rotatable bonds is 5. The Balaban J connectivity index is 1.67. The number of aryl methyl sites for hydroxylation is 2. The van der Waals surface area contributed by atoms with Gasteiger partial charge >= 0.3 is 0 Å². The first kappa shape index (κ1) is 16.8. The van der Waals surface area contributed by atoms with Crippen molar-refractivity contribution in [3.63, 3.8) is 0 Å². The van der Waals surface area contributed by atoms with Crippen LogP contribution in [0.2, 0.25) is 0 Å². The van der Waals surface area contributed by atoms with Crippen LogP contribution in [0.5, 0.6) is 0 Å². The highest BCUT2D eigenvalue weighted by molar-refractivity contribution is 5.91. The van der Waals surface area contributed by atoms with Gasteiger partial charge < -0.3 is 5.32 Å². The van der Waals surface area contributed by atoms with Crippen molar-refractivity contribution >= 4 is 5.91 Å². The molecule has 0 aliphatic rings. The van der Waals surface area contributed by atoms with Crippen LogP contribution in [0.25, 0.3) is 5.82 Å².